The van der Waals surface area contributed by atoms with Crippen molar-refractivity contribution in [2.75, 3.05) is 25.5 Å². The van der Waals surface area contributed by atoms with Gasteiger partial charge in [0.2, 0.25) is 0 Å². The summed E-state index contributed by atoms with van der Waals surface area (Å²) >= 11 is 11.8. The number of fused-ring (bicyclic) bond motifs is 1. The Hall–Kier alpha value is -3.04. The zero-order valence-electron chi connectivity index (χ0n) is 16.9. The number of carbonyl (C=O) groups is 1. The molecule has 2 heterocycles. The van der Waals surface area contributed by atoms with Crippen LogP contribution in [0.4, 0.5) is 20.7 Å². The zero-order valence-corrected chi connectivity index (χ0v) is 18.5. The van der Waals surface area contributed by atoms with E-state index in [1.807, 2.05) is 0 Å². The van der Waals surface area contributed by atoms with Crippen LogP contribution in [0.15, 0.2) is 30.6 Å². The number of piperidine rings is 1. The van der Waals surface area contributed by atoms with Crippen LogP contribution in [-0.4, -0.2) is 52.4 Å². The average molecular weight is 481 g/mol. The van der Waals surface area contributed by atoms with E-state index in [1.165, 1.54) is 30.5 Å². The Bertz CT molecular complexity index is 1170. The Balaban J connectivity index is 1.65. The van der Waals surface area contributed by atoms with Gasteiger partial charge in [0.05, 0.1) is 28.4 Å². The van der Waals surface area contributed by atoms with Crippen LogP contribution >= 0.6 is 23.2 Å². The van der Waals surface area contributed by atoms with Crippen molar-refractivity contribution >= 4 is 51.7 Å². The Labute approximate surface area is 192 Å². The second-order valence-corrected chi connectivity index (χ2v) is 7.96. The maximum Gasteiger partial charge on any atom is 0.407 e. The average Bonchev–Trinajstić information content (AvgIpc) is 2.79. The van der Waals surface area contributed by atoms with E-state index in [2.05, 4.69) is 15.3 Å². The van der Waals surface area contributed by atoms with Crippen molar-refractivity contribution in [1.82, 2.24) is 14.9 Å². The van der Waals surface area contributed by atoms with Crippen LogP contribution in [0.25, 0.3) is 10.9 Å². The molecule has 168 valence electrons. The monoisotopic (exact) mass is 480 g/mol. The Morgan fingerprint density at radius 3 is 2.66 bits per heavy atom. The third-order valence-corrected chi connectivity index (χ3v) is 6.00. The van der Waals surface area contributed by atoms with Gasteiger partial charge in [0.25, 0.3) is 0 Å². The molecule has 32 heavy (non-hydrogen) atoms. The van der Waals surface area contributed by atoms with E-state index < -0.39 is 11.9 Å². The number of likely N-dealkylation sites (tertiary alicyclic amines) is 1. The first-order chi connectivity index (χ1) is 15.4. The van der Waals surface area contributed by atoms with Crippen LogP contribution in [0.5, 0.6) is 11.5 Å². The molecule has 0 spiro atoms. The summed E-state index contributed by atoms with van der Waals surface area (Å²) in [5, 5.41) is 12.6. The fraction of sp³-hybridized carbons (Fsp3) is 0.286. The van der Waals surface area contributed by atoms with Gasteiger partial charge in [0.1, 0.15) is 18.2 Å². The first-order valence-electron chi connectivity index (χ1n) is 9.75. The fourth-order valence-corrected chi connectivity index (χ4v) is 3.82. The van der Waals surface area contributed by atoms with Crippen LogP contribution in [0.2, 0.25) is 10.0 Å². The SMILES string of the molecule is COc1cc2ncnc(Nc3ccc(Cl)c(Cl)c3F)c2cc1OC1CCN(C(=O)O)CC1. The minimum atomic E-state index is -0.936. The van der Waals surface area contributed by atoms with E-state index in [-0.39, 0.29) is 21.8 Å². The molecule has 0 atom stereocenters. The van der Waals surface area contributed by atoms with Crippen LogP contribution in [0.3, 0.4) is 0 Å². The number of aromatic nitrogens is 2. The van der Waals surface area contributed by atoms with Crippen molar-refractivity contribution in [2.45, 2.75) is 18.9 Å². The predicted octanol–water partition coefficient (Wildman–Crippen LogP) is 5.35. The van der Waals surface area contributed by atoms with Crippen molar-refractivity contribution in [2.24, 2.45) is 0 Å². The van der Waals surface area contributed by atoms with Gasteiger partial charge in [0.15, 0.2) is 17.3 Å². The minimum absolute atomic E-state index is 0.108. The number of benzene rings is 2. The third kappa shape index (κ3) is 4.44. The molecule has 1 amide bonds. The van der Waals surface area contributed by atoms with Crippen LogP contribution < -0.4 is 14.8 Å². The third-order valence-electron chi connectivity index (χ3n) is 5.22. The molecule has 4 rings (SSSR count). The molecule has 3 aromatic rings. The lowest BCUT2D eigenvalue weighted by molar-refractivity contribution is 0.0879. The van der Waals surface area contributed by atoms with Crippen LogP contribution in [0.1, 0.15) is 12.8 Å². The van der Waals surface area contributed by atoms with Gasteiger partial charge in [-0.05, 0) is 18.2 Å². The van der Waals surface area contributed by atoms with Gasteiger partial charge in [-0.25, -0.2) is 19.2 Å². The van der Waals surface area contributed by atoms with Crippen molar-refractivity contribution in [3.8, 4) is 11.5 Å². The van der Waals surface area contributed by atoms with Gasteiger partial charge in [-0.2, -0.15) is 0 Å². The van der Waals surface area contributed by atoms with E-state index in [9.17, 15) is 9.18 Å². The lowest BCUT2D eigenvalue weighted by atomic mass is 10.1. The quantitative estimate of drug-likeness (QED) is 0.475. The number of methoxy groups -OCH3 is 1. The van der Waals surface area contributed by atoms with Crippen molar-refractivity contribution in [1.29, 1.82) is 0 Å². The summed E-state index contributed by atoms with van der Waals surface area (Å²) in [5.41, 5.74) is 0.673. The van der Waals surface area contributed by atoms with Crippen molar-refractivity contribution < 1.29 is 23.8 Å². The van der Waals surface area contributed by atoms with Gasteiger partial charge in [0, 0.05) is 37.4 Å². The largest absolute Gasteiger partial charge is 0.493 e. The summed E-state index contributed by atoms with van der Waals surface area (Å²) in [6.07, 6.45) is 1.35. The molecular formula is C21H19Cl2FN4O4. The lowest BCUT2D eigenvalue weighted by Crippen LogP contribution is -2.41. The van der Waals surface area contributed by atoms with E-state index in [0.29, 0.717) is 54.2 Å². The number of halogens is 3. The number of nitrogens with one attached hydrogen (secondary N) is 1. The summed E-state index contributed by atoms with van der Waals surface area (Å²) in [6, 6.07) is 6.37. The number of carboxylic acid groups (broad SMARTS) is 1. The Morgan fingerprint density at radius 1 is 1.22 bits per heavy atom. The van der Waals surface area contributed by atoms with Crippen molar-refractivity contribution in [3.05, 3.63) is 46.5 Å². The number of nitrogens with zero attached hydrogens (tertiary/aromatic N) is 3. The van der Waals surface area contributed by atoms with E-state index in [1.54, 1.807) is 12.1 Å². The highest BCUT2D eigenvalue weighted by Crippen LogP contribution is 2.37. The molecule has 11 heteroatoms. The molecule has 2 aromatic carbocycles. The number of amides is 1. The smallest absolute Gasteiger partial charge is 0.407 e. The highest BCUT2D eigenvalue weighted by atomic mass is 35.5. The zero-order chi connectivity index (χ0) is 22.8. The molecule has 1 saturated heterocycles. The molecule has 0 aliphatic carbocycles. The second-order valence-electron chi connectivity index (χ2n) is 7.18. The first-order valence-corrected chi connectivity index (χ1v) is 10.5. The predicted molar refractivity (Wildman–Crippen MR) is 119 cm³/mol. The molecule has 1 aliphatic rings. The summed E-state index contributed by atoms with van der Waals surface area (Å²) < 4.78 is 26.1. The summed E-state index contributed by atoms with van der Waals surface area (Å²) in [6.45, 7) is 0.783. The van der Waals surface area contributed by atoms with Gasteiger partial charge >= 0.3 is 6.09 Å². The Kier molecular flexibility index (Phi) is 6.38. The standard InChI is InChI=1S/C21H19Cl2FN4O4/c1-31-16-9-15-12(8-17(16)32-11-4-6-28(7-5-11)21(29)30)20(26-10-25-15)27-14-3-2-13(22)18(23)19(14)24/h2-3,8-11H,4-7H2,1H3,(H,29,30)(H,25,26,27). The first kappa shape index (κ1) is 22.2. The lowest BCUT2D eigenvalue weighted by Gasteiger charge is -2.30. The number of ether oxygens (including phenoxy) is 2. The Morgan fingerprint density at radius 2 is 1.97 bits per heavy atom. The van der Waals surface area contributed by atoms with E-state index in [0.717, 1.165) is 0 Å². The number of anilines is 2. The van der Waals surface area contributed by atoms with Crippen molar-refractivity contribution in [3.63, 3.8) is 0 Å². The highest BCUT2D eigenvalue weighted by Gasteiger charge is 2.25. The molecule has 8 nitrogen and oxygen atoms in total. The maximum atomic E-state index is 14.5. The molecule has 0 radical (unpaired) electrons. The topological polar surface area (TPSA) is 96.8 Å². The van der Waals surface area contributed by atoms with Gasteiger partial charge in [-0.3, -0.25) is 0 Å². The van der Waals surface area contributed by atoms with E-state index >= 15 is 0 Å². The molecule has 2 N–H and O–H groups in total. The van der Waals surface area contributed by atoms with Crippen LogP contribution in [-0.2, 0) is 0 Å². The molecule has 1 fully saturated rings. The molecule has 0 unspecified atom stereocenters. The number of hydrogen-bond donors (Lipinski definition) is 2. The maximum absolute atomic E-state index is 14.5. The van der Waals surface area contributed by atoms with Crippen LogP contribution in [0, 0.1) is 5.82 Å². The fourth-order valence-electron chi connectivity index (χ4n) is 3.51. The number of hydrogen-bond acceptors (Lipinski definition) is 6. The summed E-state index contributed by atoms with van der Waals surface area (Å²) in [7, 11) is 1.52. The molecule has 1 aromatic heterocycles. The summed E-state index contributed by atoms with van der Waals surface area (Å²) in [4.78, 5) is 21.0. The molecule has 0 bridgehead atoms. The molecule has 1 aliphatic heterocycles. The normalized spacial score (nSPS) is 14.4. The van der Waals surface area contributed by atoms with Gasteiger partial charge in [-0.15, -0.1) is 0 Å². The number of rotatable bonds is 5. The minimum Gasteiger partial charge on any atom is -0.493 e. The highest BCUT2D eigenvalue weighted by molar-refractivity contribution is 6.42. The second kappa shape index (κ2) is 9.22. The summed E-state index contributed by atoms with van der Waals surface area (Å²) in [5.74, 6) is 0.589. The molecule has 0 saturated carbocycles. The van der Waals surface area contributed by atoms with Gasteiger partial charge in [-0.1, -0.05) is 23.2 Å². The molecular weight excluding hydrogens is 462 g/mol. The van der Waals surface area contributed by atoms with Gasteiger partial charge < -0.3 is 24.8 Å². The van der Waals surface area contributed by atoms with E-state index in [4.69, 9.17) is 37.8 Å².